The SMILES string of the molecule is CCn1cc(C(=O)N2CCN(S(=O)(=O)c3cnn(C)c3C)CC2)cn1. The summed E-state index contributed by atoms with van der Waals surface area (Å²) in [6, 6.07) is 0. The lowest BCUT2D eigenvalue weighted by Crippen LogP contribution is -2.50. The molecule has 9 nitrogen and oxygen atoms in total. The first-order valence-corrected chi connectivity index (χ1v) is 9.59. The van der Waals surface area contributed by atoms with Crippen molar-refractivity contribution in [2.24, 2.45) is 7.05 Å². The van der Waals surface area contributed by atoms with E-state index >= 15 is 0 Å². The highest BCUT2D eigenvalue weighted by atomic mass is 32.2. The lowest BCUT2D eigenvalue weighted by molar-refractivity contribution is 0.0697. The third-order valence-electron chi connectivity index (χ3n) is 4.54. The Kier molecular flexibility index (Phi) is 4.65. The Labute approximate surface area is 146 Å². The number of aryl methyl sites for hydroxylation is 2. The summed E-state index contributed by atoms with van der Waals surface area (Å²) < 4.78 is 30.2. The largest absolute Gasteiger partial charge is 0.336 e. The maximum Gasteiger partial charge on any atom is 0.257 e. The fraction of sp³-hybridized carbons (Fsp3) is 0.533. The van der Waals surface area contributed by atoms with Gasteiger partial charge in [-0.15, -0.1) is 0 Å². The average Bonchev–Trinajstić information content (AvgIpc) is 3.22. The van der Waals surface area contributed by atoms with Crippen LogP contribution >= 0.6 is 0 Å². The van der Waals surface area contributed by atoms with E-state index in [1.54, 1.807) is 35.9 Å². The van der Waals surface area contributed by atoms with Crippen molar-refractivity contribution in [2.45, 2.75) is 25.3 Å². The second kappa shape index (κ2) is 6.60. The minimum absolute atomic E-state index is 0.116. The Morgan fingerprint density at radius 1 is 1.16 bits per heavy atom. The van der Waals surface area contributed by atoms with Crippen molar-refractivity contribution in [2.75, 3.05) is 26.2 Å². The number of hydrogen-bond donors (Lipinski definition) is 0. The predicted octanol–water partition coefficient (Wildman–Crippen LogP) is 0.0916. The van der Waals surface area contributed by atoms with Crippen LogP contribution in [0.5, 0.6) is 0 Å². The minimum Gasteiger partial charge on any atom is -0.336 e. The molecule has 0 aliphatic carbocycles. The predicted molar refractivity (Wildman–Crippen MR) is 90.5 cm³/mol. The van der Waals surface area contributed by atoms with Crippen molar-refractivity contribution in [1.29, 1.82) is 0 Å². The molecule has 1 aliphatic rings. The Morgan fingerprint density at radius 2 is 1.84 bits per heavy atom. The van der Waals surface area contributed by atoms with Gasteiger partial charge in [0.25, 0.3) is 5.91 Å². The van der Waals surface area contributed by atoms with Crippen molar-refractivity contribution in [3.05, 3.63) is 29.8 Å². The van der Waals surface area contributed by atoms with E-state index in [2.05, 4.69) is 10.2 Å². The van der Waals surface area contributed by atoms with Crippen molar-refractivity contribution < 1.29 is 13.2 Å². The van der Waals surface area contributed by atoms with Crippen LogP contribution in [-0.4, -0.2) is 69.3 Å². The summed E-state index contributed by atoms with van der Waals surface area (Å²) >= 11 is 0. The fourth-order valence-electron chi connectivity index (χ4n) is 2.83. The molecule has 3 heterocycles. The van der Waals surface area contributed by atoms with E-state index < -0.39 is 10.0 Å². The molecule has 3 rings (SSSR count). The van der Waals surface area contributed by atoms with Gasteiger partial charge in [0.1, 0.15) is 4.90 Å². The van der Waals surface area contributed by atoms with Gasteiger partial charge in [-0.1, -0.05) is 0 Å². The summed E-state index contributed by atoms with van der Waals surface area (Å²) in [4.78, 5) is 14.4. The number of carbonyl (C=O) groups excluding carboxylic acids is 1. The third-order valence-corrected chi connectivity index (χ3v) is 6.54. The molecule has 0 saturated carbocycles. The Hall–Kier alpha value is -2.20. The van der Waals surface area contributed by atoms with Gasteiger partial charge in [-0.3, -0.25) is 14.2 Å². The molecule has 25 heavy (non-hydrogen) atoms. The molecule has 0 spiro atoms. The van der Waals surface area contributed by atoms with Crippen LogP contribution in [0.4, 0.5) is 0 Å². The van der Waals surface area contributed by atoms with E-state index in [0.29, 0.717) is 30.9 Å². The van der Waals surface area contributed by atoms with Crippen LogP contribution in [0.2, 0.25) is 0 Å². The molecule has 0 radical (unpaired) electrons. The fourth-order valence-corrected chi connectivity index (χ4v) is 4.44. The third kappa shape index (κ3) is 3.19. The van der Waals surface area contributed by atoms with E-state index in [4.69, 9.17) is 0 Å². The van der Waals surface area contributed by atoms with Gasteiger partial charge in [0, 0.05) is 46.0 Å². The summed E-state index contributed by atoms with van der Waals surface area (Å²) in [5.41, 5.74) is 1.13. The van der Waals surface area contributed by atoms with Crippen molar-refractivity contribution in [1.82, 2.24) is 28.8 Å². The molecule has 0 unspecified atom stereocenters. The van der Waals surface area contributed by atoms with Gasteiger partial charge in [0.2, 0.25) is 10.0 Å². The normalized spacial score (nSPS) is 16.4. The number of nitrogens with zero attached hydrogens (tertiary/aromatic N) is 6. The van der Waals surface area contributed by atoms with Gasteiger partial charge in [-0.05, 0) is 13.8 Å². The second-order valence-corrected chi connectivity index (χ2v) is 7.91. The van der Waals surface area contributed by atoms with Gasteiger partial charge < -0.3 is 4.90 Å². The maximum atomic E-state index is 12.8. The lowest BCUT2D eigenvalue weighted by Gasteiger charge is -2.33. The Bertz CT molecular complexity index is 877. The van der Waals surface area contributed by atoms with Crippen LogP contribution in [0.25, 0.3) is 0 Å². The average molecular weight is 366 g/mol. The molecule has 1 fully saturated rings. The number of hydrogen-bond acceptors (Lipinski definition) is 5. The van der Waals surface area contributed by atoms with Crippen LogP contribution < -0.4 is 0 Å². The zero-order chi connectivity index (χ0) is 18.2. The summed E-state index contributed by atoms with van der Waals surface area (Å²) in [6.45, 7) is 5.62. The topological polar surface area (TPSA) is 93.3 Å². The van der Waals surface area contributed by atoms with Crippen LogP contribution in [0, 0.1) is 6.92 Å². The van der Waals surface area contributed by atoms with E-state index in [0.717, 1.165) is 0 Å². The molecule has 136 valence electrons. The zero-order valence-corrected chi connectivity index (χ0v) is 15.4. The van der Waals surface area contributed by atoms with Gasteiger partial charge in [-0.2, -0.15) is 14.5 Å². The highest BCUT2D eigenvalue weighted by Crippen LogP contribution is 2.21. The summed E-state index contributed by atoms with van der Waals surface area (Å²) in [7, 11) is -1.88. The highest BCUT2D eigenvalue weighted by Gasteiger charge is 2.32. The molecular formula is C15H22N6O3S. The molecule has 0 bridgehead atoms. The molecule has 1 saturated heterocycles. The van der Waals surface area contributed by atoms with Gasteiger partial charge in [-0.25, -0.2) is 8.42 Å². The van der Waals surface area contributed by atoms with Gasteiger partial charge in [0.15, 0.2) is 0 Å². The molecule has 10 heteroatoms. The molecule has 2 aromatic rings. The first-order valence-electron chi connectivity index (χ1n) is 8.15. The number of amides is 1. The lowest BCUT2D eigenvalue weighted by atomic mass is 10.2. The minimum atomic E-state index is -3.59. The van der Waals surface area contributed by atoms with Crippen molar-refractivity contribution >= 4 is 15.9 Å². The number of aromatic nitrogens is 4. The number of sulfonamides is 1. The first-order chi connectivity index (χ1) is 11.8. The quantitative estimate of drug-likeness (QED) is 0.765. The second-order valence-electron chi connectivity index (χ2n) is 6.00. The molecule has 1 amide bonds. The molecule has 0 aromatic carbocycles. The van der Waals surface area contributed by atoms with E-state index in [9.17, 15) is 13.2 Å². The Morgan fingerprint density at radius 3 is 2.36 bits per heavy atom. The van der Waals surface area contributed by atoms with E-state index in [1.807, 2.05) is 6.92 Å². The van der Waals surface area contributed by atoms with Crippen LogP contribution in [0.1, 0.15) is 23.0 Å². The monoisotopic (exact) mass is 366 g/mol. The van der Waals surface area contributed by atoms with E-state index in [1.165, 1.54) is 15.2 Å². The summed E-state index contributed by atoms with van der Waals surface area (Å²) in [5.74, 6) is -0.116. The standard InChI is InChI=1S/C15H22N6O3S/c1-4-20-11-13(9-17-20)15(22)19-5-7-21(8-6-19)25(23,24)14-10-16-18(3)12(14)2/h9-11H,4-8H2,1-3H3. The summed E-state index contributed by atoms with van der Waals surface area (Å²) in [6.07, 6.45) is 4.64. The zero-order valence-electron chi connectivity index (χ0n) is 14.6. The number of piperazine rings is 1. The van der Waals surface area contributed by atoms with Crippen LogP contribution in [0.15, 0.2) is 23.5 Å². The van der Waals surface area contributed by atoms with Crippen LogP contribution in [0.3, 0.4) is 0 Å². The first kappa shape index (κ1) is 17.6. The van der Waals surface area contributed by atoms with Gasteiger partial charge in [0.05, 0.1) is 23.7 Å². The molecule has 2 aromatic heterocycles. The number of rotatable bonds is 4. The van der Waals surface area contributed by atoms with E-state index in [-0.39, 0.29) is 23.9 Å². The molecule has 1 aliphatic heterocycles. The maximum absolute atomic E-state index is 12.8. The molecule has 0 atom stereocenters. The molecular weight excluding hydrogens is 344 g/mol. The number of carbonyl (C=O) groups is 1. The summed E-state index contributed by atoms with van der Waals surface area (Å²) in [5, 5.41) is 8.12. The highest BCUT2D eigenvalue weighted by molar-refractivity contribution is 7.89. The molecule has 0 N–H and O–H groups in total. The van der Waals surface area contributed by atoms with Crippen molar-refractivity contribution in [3.8, 4) is 0 Å². The van der Waals surface area contributed by atoms with Crippen molar-refractivity contribution in [3.63, 3.8) is 0 Å². The Balaban J connectivity index is 1.69. The smallest absolute Gasteiger partial charge is 0.257 e. The van der Waals surface area contributed by atoms with Gasteiger partial charge >= 0.3 is 0 Å². The van der Waals surface area contributed by atoms with Crippen LogP contribution in [-0.2, 0) is 23.6 Å².